The van der Waals surface area contributed by atoms with Crippen molar-refractivity contribution in [3.63, 3.8) is 0 Å². The number of ether oxygens (including phenoxy) is 1. The lowest BCUT2D eigenvalue weighted by atomic mass is 10.0. The van der Waals surface area contributed by atoms with Gasteiger partial charge < -0.3 is 9.64 Å². The van der Waals surface area contributed by atoms with Crippen molar-refractivity contribution in [1.29, 1.82) is 0 Å². The molecule has 1 aromatic rings. The first-order valence-corrected chi connectivity index (χ1v) is 10.2. The molecule has 3 rings (SSSR count). The molecule has 0 N–H and O–H groups in total. The Morgan fingerprint density at radius 2 is 2.14 bits per heavy atom. The average molecular weight is 345 g/mol. The van der Waals surface area contributed by atoms with Crippen LogP contribution >= 0.6 is 11.3 Å². The summed E-state index contributed by atoms with van der Waals surface area (Å²) in [6.45, 7) is 3.95. The lowest BCUT2D eigenvalue weighted by Gasteiger charge is -2.37. The minimum Gasteiger partial charge on any atom is -0.381 e. The Morgan fingerprint density at radius 1 is 1.36 bits per heavy atom. The fourth-order valence-corrected chi connectivity index (χ4v) is 6.11. The van der Waals surface area contributed by atoms with Crippen LogP contribution in [-0.2, 0) is 14.8 Å². The van der Waals surface area contributed by atoms with Crippen LogP contribution in [0, 0.1) is 5.92 Å². The van der Waals surface area contributed by atoms with E-state index < -0.39 is 10.0 Å². The van der Waals surface area contributed by atoms with Gasteiger partial charge in [-0.2, -0.15) is 4.31 Å². The largest absolute Gasteiger partial charge is 0.381 e. The second-order valence-corrected chi connectivity index (χ2v) is 9.34. The Hall–Kier alpha value is -0.470. The maximum absolute atomic E-state index is 13.0. The number of piperidine rings is 1. The van der Waals surface area contributed by atoms with Crippen molar-refractivity contribution >= 4 is 21.4 Å². The van der Waals surface area contributed by atoms with Gasteiger partial charge in [0, 0.05) is 19.2 Å². The second-order valence-electron chi connectivity index (χ2n) is 6.27. The van der Waals surface area contributed by atoms with Crippen LogP contribution in [0.25, 0.3) is 0 Å². The van der Waals surface area contributed by atoms with E-state index in [1.165, 1.54) is 11.3 Å². The molecule has 0 amide bonds. The summed E-state index contributed by atoms with van der Waals surface area (Å²) < 4.78 is 33.8. The molecule has 0 spiro atoms. The fourth-order valence-electron chi connectivity index (χ4n) is 3.23. The Morgan fingerprint density at radius 3 is 2.73 bits per heavy atom. The van der Waals surface area contributed by atoms with Gasteiger partial charge in [0.1, 0.15) is 4.21 Å². The van der Waals surface area contributed by atoms with Crippen LogP contribution in [0.2, 0.25) is 0 Å². The minimum atomic E-state index is -3.38. The van der Waals surface area contributed by atoms with E-state index in [-0.39, 0.29) is 6.04 Å². The number of sulfonamides is 1. The maximum Gasteiger partial charge on any atom is 0.252 e. The molecule has 0 radical (unpaired) electrons. The highest BCUT2D eigenvalue weighted by atomic mass is 32.2. The zero-order valence-electron chi connectivity index (χ0n) is 13.0. The average Bonchev–Trinajstić information content (AvgIpc) is 3.19. The highest BCUT2D eigenvalue weighted by Gasteiger charge is 2.36. The van der Waals surface area contributed by atoms with E-state index in [9.17, 15) is 8.42 Å². The van der Waals surface area contributed by atoms with Gasteiger partial charge >= 0.3 is 0 Å². The van der Waals surface area contributed by atoms with Crippen LogP contribution in [-0.4, -0.2) is 63.6 Å². The molecule has 5 nitrogen and oxygen atoms in total. The summed E-state index contributed by atoms with van der Waals surface area (Å²) in [6, 6.07) is 3.64. The molecule has 0 saturated carbocycles. The molecule has 7 heteroatoms. The number of hydrogen-bond donors (Lipinski definition) is 0. The quantitative estimate of drug-likeness (QED) is 0.818. The Labute approximate surface area is 136 Å². The van der Waals surface area contributed by atoms with Crippen LogP contribution in [0.5, 0.6) is 0 Å². The monoisotopic (exact) mass is 344 g/mol. The molecule has 22 heavy (non-hydrogen) atoms. The Bertz CT molecular complexity index is 560. The lowest BCUT2D eigenvalue weighted by Crippen LogP contribution is -2.48. The predicted molar refractivity (Wildman–Crippen MR) is 87.7 cm³/mol. The van der Waals surface area contributed by atoms with Crippen molar-refractivity contribution in [2.75, 3.05) is 39.9 Å². The number of likely N-dealkylation sites (tertiary alicyclic amines) is 1. The van der Waals surface area contributed by atoms with Gasteiger partial charge in [-0.25, -0.2) is 8.42 Å². The van der Waals surface area contributed by atoms with E-state index in [4.69, 9.17) is 4.74 Å². The van der Waals surface area contributed by atoms with Gasteiger partial charge in [-0.15, -0.1) is 11.3 Å². The van der Waals surface area contributed by atoms with Crippen LogP contribution in [0.4, 0.5) is 0 Å². The van der Waals surface area contributed by atoms with E-state index in [0.29, 0.717) is 23.3 Å². The lowest BCUT2D eigenvalue weighted by molar-refractivity contribution is 0.154. The minimum absolute atomic E-state index is 0.115. The van der Waals surface area contributed by atoms with Gasteiger partial charge in [-0.3, -0.25) is 0 Å². The summed E-state index contributed by atoms with van der Waals surface area (Å²) in [5, 5.41) is 1.83. The molecule has 2 aliphatic heterocycles. The van der Waals surface area contributed by atoms with E-state index in [0.717, 1.165) is 39.0 Å². The predicted octanol–water partition coefficient (Wildman–Crippen LogP) is 1.87. The number of nitrogens with zero attached hydrogens (tertiary/aromatic N) is 2. The van der Waals surface area contributed by atoms with Crippen molar-refractivity contribution in [3.05, 3.63) is 17.5 Å². The second kappa shape index (κ2) is 6.97. The zero-order valence-corrected chi connectivity index (χ0v) is 14.6. The third-order valence-corrected chi connectivity index (χ3v) is 7.91. The summed E-state index contributed by atoms with van der Waals surface area (Å²) in [5.74, 6) is 0.328. The number of rotatable bonds is 5. The molecule has 1 aromatic heterocycles. The standard InChI is InChI=1S/C15H24N2O3S2/c1-16-7-4-14(5-8-16)17(11-13-6-9-20-12-13)22(18,19)15-3-2-10-21-15/h2-3,10,13-14H,4-9,11-12H2,1H3. The van der Waals surface area contributed by atoms with Gasteiger partial charge in [0.25, 0.3) is 10.0 Å². The molecular weight excluding hydrogens is 320 g/mol. The highest BCUT2D eigenvalue weighted by molar-refractivity contribution is 7.91. The first-order chi connectivity index (χ1) is 10.6. The van der Waals surface area contributed by atoms with Gasteiger partial charge in [0.2, 0.25) is 0 Å². The molecule has 1 unspecified atom stereocenters. The molecule has 1 atom stereocenters. The third-order valence-electron chi connectivity index (χ3n) is 4.62. The molecule has 2 fully saturated rings. The van der Waals surface area contributed by atoms with Crippen molar-refractivity contribution in [2.45, 2.75) is 29.5 Å². The van der Waals surface area contributed by atoms with E-state index in [1.54, 1.807) is 10.4 Å². The highest BCUT2D eigenvalue weighted by Crippen LogP contribution is 2.29. The van der Waals surface area contributed by atoms with E-state index >= 15 is 0 Å². The number of hydrogen-bond acceptors (Lipinski definition) is 5. The van der Waals surface area contributed by atoms with Crippen molar-refractivity contribution in [1.82, 2.24) is 9.21 Å². The Kier molecular flexibility index (Phi) is 5.19. The molecular formula is C15H24N2O3S2. The summed E-state index contributed by atoms with van der Waals surface area (Å²) in [5.41, 5.74) is 0. The van der Waals surface area contributed by atoms with Gasteiger partial charge in [0.15, 0.2) is 0 Å². The van der Waals surface area contributed by atoms with Gasteiger partial charge in [0.05, 0.1) is 6.61 Å². The smallest absolute Gasteiger partial charge is 0.252 e. The normalized spacial score (nSPS) is 25.1. The topological polar surface area (TPSA) is 49.9 Å². The molecule has 0 aromatic carbocycles. The Balaban J connectivity index is 1.82. The molecule has 124 valence electrons. The summed E-state index contributed by atoms with van der Waals surface area (Å²) >= 11 is 1.31. The van der Waals surface area contributed by atoms with Crippen LogP contribution in [0.15, 0.2) is 21.7 Å². The summed E-state index contributed by atoms with van der Waals surface area (Å²) in [4.78, 5) is 2.27. The van der Waals surface area contributed by atoms with E-state index in [2.05, 4.69) is 11.9 Å². The summed E-state index contributed by atoms with van der Waals surface area (Å²) in [6.07, 6.45) is 2.78. The van der Waals surface area contributed by atoms with Crippen molar-refractivity contribution in [3.8, 4) is 0 Å². The first kappa shape index (κ1) is 16.4. The SMILES string of the molecule is CN1CCC(N(CC2CCOC2)S(=O)(=O)c2cccs2)CC1. The van der Waals surface area contributed by atoms with Crippen molar-refractivity contribution < 1.29 is 13.2 Å². The third kappa shape index (κ3) is 3.54. The van der Waals surface area contributed by atoms with E-state index in [1.807, 2.05) is 11.4 Å². The van der Waals surface area contributed by atoms with Crippen molar-refractivity contribution in [2.24, 2.45) is 5.92 Å². The summed E-state index contributed by atoms with van der Waals surface area (Å²) in [7, 11) is -1.29. The molecule has 2 aliphatic rings. The molecule has 0 bridgehead atoms. The van der Waals surface area contributed by atoms with Gasteiger partial charge in [-0.05, 0) is 56.8 Å². The molecule has 2 saturated heterocycles. The molecule has 0 aliphatic carbocycles. The van der Waals surface area contributed by atoms with Crippen LogP contribution in [0.3, 0.4) is 0 Å². The fraction of sp³-hybridized carbons (Fsp3) is 0.733. The van der Waals surface area contributed by atoms with Crippen LogP contribution < -0.4 is 0 Å². The number of thiophene rings is 1. The molecule has 3 heterocycles. The zero-order chi connectivity index (χ0) is 15.6. The first-order valence-electron chi connectivity index (χ1n) is 7.89. The van der Waals surface area contributed by atoms with Crippen LogP contribution in [0.1, 0.15) is 19.3 Å². The maximum atomic E-state index is 13.0. The van der Waals surface area contributed by atoms with Gasteiger partial charge in [-0.1, -0.05) is 6.07 Å².